The molecular weight excluding hydrogens is 904 g/mol. The number of hydrogen-bond acceptors (Lipinski definition) is 2. The summed E-state index contributed by atoms with van der Waals surface area (Å²) < 4.78 is 0. The average molecular weight is 949 g/mol. The van der Waals surface area contributed by atoms with Crippen molar-refractivity contribution in [1.29, 1.82) is 0 Å². The van der Waals surface area contributed by atoms with Crippen LogP contribution in [0.15, 0.2) is 273 Å². The summed E-state index contributed by atoms with van der Waals surface area (Å²) in [5.74, 6) is 0. The zero-order chi connectivity index (χ0) is 49.1. The van der Waals surface area contributed by atoms with Gasteiger partial charge in [0.2, 0.25) is 0 Å². The molecule has 0 unspecified atom stereocenters. The molecule has 346 valence electrons. The zero-order valence-electron chi connectivity index (χ0n) is 41.0. The lowest BCUT2D eigenvalue weighted by Crippen LogP contribution is -2.61. The molecule has 2 heterocycles. The Hall–Kier alpha value is -9.70. The molecule has 2 aliphatic rings. The average Bonchev–Trinajstić information content (AvgIpc) is 3.54. The van der Waals surface area contributed by atoms with E-state index in [1.807, 2.05) is 0 Å². The minimum Gasteiger partial charge on any atom is -0.311 e. The van der Waals surface area contributed by atoms with Crippen LogP contribution in [0.2, 0.25) is 0 Å². The summed E-state index contributed by atoms with van der Waals surface area (Å²) in [6.07, 6.45) is 0. The molecule has 0 amide bonds. The highest BCUT2D eigenvalue weighted by Gasteiger charge is 2.45. The fraction of sp³-hybridized carbons (Fsp3) is 0. The number of anilines is 6. The fourth-order valence-electron chi connectivity index (χ4n) is 12.7. The number of nitrogens with zero attached hydrogens (tertiary/aromatic N) is 2. The fourth-order valence-corrected chi connectivity index (χ4v) is 12.7. The smallest absolute Gasteiger partial charge is 0.252 e. The van der Waals surface area contributed by atoms with Gasteiger partial charge in [-0.3, -0.25) is 0 Å². The standard InChI is InChI=1S/C72H45BN2/c1-3-13-46(14-4-1)48-25-31-62(32-26-48)74-68-44-61(57-24-23-56-37-50-17-7-8-20-53(50)40-60(56)41-57)45-69-70(68)73(66-35-29-58-38-51-18-9-11-21-54(51)42-64(58)71(66)74)67-36-30-59-39-52-19-10-12-22-55(52)43-65(59)72(67)75(69)63-33-27-49(28-34-63)47-15-5-2-6-16-47/h1-45H. The monoisotopic (exact) mass is 948 g/mol. The number of fused-ring (bicyclic) bond motifs is 12. The van der Waals surface area contributed by atoms with Gasteiger partial charge in [0, 0.05) is 44.9 Å². The van der Waals surface area contributed by atoms with E-state index in [1.165, 1.54) is 132 Å². The molecule has 0 atom stereocenters. The van der Waals surface area contributed by atoms with E-state index in [0.717, 1.165) is 16.9 Å². The molecule has 75 heavy (non-hydrogen) atoms. The van der Waals surface area contributed by atoms with Crippen LogP contribution in [-0.4, -0.2) is 6.71 Å². The van der Waals surface area contributed by atoms with E-state index in [2.05, 4.69) is 283 Å². The molecule has 14 aromatic rings. The summed E-state index contributed by atoms with van der Waals surface area (Å²) in [6, 6.07) is 102. The van der Waals surface area contributed by atoms with E-state index in [9.17, 15) is 0 Å². The Morgan fingerprint density at radius 2 is 0.573 bits per heavy atom. The third-order valence-electron chi connectivity index (χ3n) is 16.3. The van der Waals surface area contributed by atoms with E-state index >= 15 is 0 Å². The van der Waals surface area contributed by atoms with Crippen molar-refractivity contribution < 1.29 is 0 Å². The second kappa shape index (κ2) is 16.4. The van der Waals surface area contributed by atoms with Crippen LogP contribution in [0.3, 0.4) is 0 Å². The van der Waals surface area contributed by atoms with Crippen LogP contribution in [0.1, 0.15) is 0 Å². The molecule has 0 bridgehead atoms. The van der Waals surface area contributed by atoms with Gasteiger partial charge in [-0.2, -0.15) is 0 Å². The van der Waals surface area contributed by atoms with E-state index in [4.69, 9.17) is 0 Å². The van der Waals surface area contributed by atoms with Gasteiger partial charge in [0.15, 0.2) is 0 Å². The summed E-state index contributed by atoms with van der Waals surface area (Å²) >= 11 is 0. The van der Waals surface area contributed by atoms with Crippen LogP contribution in [0.25, 0.3) is 98.0 Å². The molecule has 0 spiro atoms. The number of benzene rings is 14. The summed E-state index contributed by atoms with van der Waals surface area (Å²) in [5.41, 5.74) is 18.1. The first kappa shape index (κ1) is 41.9. The van der Waals surface area contributed by atoms with Crippen LogP contribution < -0.4 is 26.2 Å². The van der Waals surface area contributed by atoms with Gasteiger partial charge in [-0.15, -0.1) is 0 Å². The van der Waals surface area contributed by atoms with Crippen LogP contribution in [0, 0.1) is 0 Å². The lowest BCUT2D eigenvalue weighted by Gasteiger charge is -2.45. The molecule has 16 rings (SSSR count). The second-order valence-corrected chi connectivity index (χ2v) is 20.5. The van der Waals surface area contributed by atoms with E-state index < -0.39 is 0 Å². The second-order valence-electron chi connectivity index (χ2n) is 20.5. The van der Waals surface area contributed by atoms with Crippen molar-refractivity contribution in [3.63, 3.8) is 0 Å². The van der Waals surface area contributed by atoms with Crippen LogP contribution in [0.5, 0.6) is 0 Å². The van der Waals surface area contributed by atoms with Gasteiger partial charge in [-0.25, -0.2) is 0 Å². The first-order valence-corrected chi connectivity index (χ1v) is 26.1. The summed E-state index contributed by atoms with van der Waals surface area (Å²) in [4.78, 5) is 5.20. The molecule has 3 heteroatoms. The maximum absolute atomic E-state index is 2.60. The van der Waals surface area contributed by atoms with E-state index in [1.54, 1.807) is 0 Å². The van der Waals surface area contributed by atoms with Crippen LogP contribution >= 0.6 is 0 Å². The highest BCUT2D eigenvalue weighted by molar-refractivity contribution is 7.00. The Bertz CT molecular complexity index is 4410. The summed E-state index contributed by atoms with van der Waals surface area (Å²) in [5, 5.41) is 14.8. The zero-order valence-corrected chi connectivity index (χ0v) is 41.0. The summed E-state index contributed by atoms with van der Waals surface area (Å²) in [6.45, 7) is -0.0801. The largest absolute Gasteiger partial charge is 0.311 e. The van der Waals surface area contributed by atoms with Crippen molar-refractivity contribution in [2.45, 2.75) is 0 Å². The van der Waals surface area contributed by atoms with Gasteiger partial charge in [0.05, 0.1) is 0 Å². The van der Waals surface area contributed by atoms with Crippen LogP contribution in [0.4, 0.5) is 34.1 Å². The molecule has 14 aromatic carbocycles. The Balaban J connectivity index is 1.03. The van der Waals surface area contributed by atoms with E-state index in [0.29, 0.717) is 0 Å². The minimum atomic E-state index is -0.0801. The van der Waals surface area contributed by atoms with Crippen molar-refractivity contribution in [3.05, 3.63) is 273 Å². The Kier molecular flexibility index (Phi) is 9.16. The Labute approximate surface area is 435 Å². The first-order chi connectivity index (χ1) is 37.1. The lowest BCUT2D eigenvalue weighted by atomic mass is 9.33. The lowest BCUT2D eigenvalue weighted by molar-refractivity contribution is 1.27. The van der Waals surface area contributed by atoms with Crippen molar-refractivity contribution in [2.24, 2.45) is 0 Å². The molecular formula is C72H45BN2. The van der Waals surface area contributed by atoms with Crippen molar-refractivity contribution in [3.8, 4) is 33.4 Å². The van der Waals surface area contributed by atoms with Gasteiger partial charge in [0.25, 0.3) is 6.71 Å². The highest BCUT2D eigenvalue weighted by atomic mass is 15.2. The Morgan fingerprint density at radius 1 is 0.227 bits per heavy atom. The third-order valence-corrected chi connectivity index (χ3v) is 16.3. The van der Waals surface area contributed by atoms with Gasteiger partial charge in [-0.05, 0) is 182 Å². The number of hydrogen-bond donors (Lipinski definition) is 0. The normalized spacial score (nSPS) is 12.7. The molecule has 0 N–H and O–H groups in total. The Morgan fingerprint density at radius 3 is 1.03 bits per heavy atom. The van der Waals surface area contributed by atoms with Gasteiger partial charge in [-0.1, -0.05) is 194 Å². The molecule has 0 radical (unpaired) electrons. The van der Waals surface area contributed by atoms with Gasteiger partial charge < -0.3 is 9.80 Å². The van der Waals surface area contributed by atoms with Crippen LogP contribution in [-0.2, 0) is 0 Å². The predicted octanol–water partition coefficient (Wildman–Crippen LogP) is 17.7. The third kappa shape index (κ3) is 6.61. The summed E-state index contributed by atoms with van der Waals surface area (Å²) in [7, 11) is 0. The molecule has 0 aromatic heterocycles. The molecule has 2 nitrogen and oxygen atoms in total. The van der Waals surface area contributed by atoms with Crippen molar-refractivity contribution in [1.82, 2.24) is 0 Å². The topological polar surface area (TPSA) is 6.48 Å². The maximum Gasteiger partial charge on any atom is 0.252 e. The quantitative estimate of drug-likeness (QED) is 0.125. The number of rotatable bonds is 5. The molecule has 0 fully saturated rings. The van der Waals surface area contributed by atoms with Gasteiger partial charge in [0.1, 0.15) is 0 Å². The van der Waals surface area contributed by atoms with E-state index in [-0.39, 0.29) is 6.71 Å². The molecule has 0 saturated carbocycles. The predicted molar refractivity (Wildman–Crippen MR) is 322 cm³/mol. The molecule has 0 saturated heterocycles. The highest BCUT2D eigenvalue weighted by Crippen LogP contribution is 2.50. The van der Waals surface area contributed by atoms with Crippen molar-refractivity contribution >= 4 is 122 Å². The first-order valence-electron chi connectivity index (χ1n) is 26.1. The SMILES string of the molecule is c1ccc(-c2ccc(N3c4cc(-c5ccc6cc7ccccc7cc6c5)cc5c4B(c4ccc6cc7ccccc7cc6c43)c3ccc4cc6ccccc6cc4c3N5c3ccc(-c4ccccc4)cc3)cc2)cc1. The molecule has 0 aliphatic carbocycles. The van der Waals surface area contributed by atoms with Gasteiger partial charge >= 0.3 is 0 Å². The minimum absolute atomic E-state index is 0.0801. The van der Waals surface area contributed by atoms with Crippen molar-refractivity contribution in [2.75, 3.05) is 9.80 Å². The maximum atomic E-state index is 2.60. The molecule has 2 aliphatic heterocycles.